The molecule has 2 aromatic rings. The molecule has 3 rings (SSSR count). The molecule has 0 aliphatic carbocycles. The second-order valence-corrected chi connectivity index (χ2v) is 8.11. The van der Waals surface area contributed by atoms with Crippen LogP contribution in [0.4, 0.5) is 14.6 Å². The third kappa shape index (κ3) is 6.41. The minimum absolute atomic E-state index is 0.173. The number of methoxy groups -OCH3 is 1. The molecule has 0 spiro atoms. The van der Waals surface area contributed by atoms with Crippen LogP contribution < -0.4 is 9.46 Å². The minimum Gasteiger partial charge on any atom is -0.481 e. The Kier molecular flexibility index (Phi) is 8.30. The number of β-amino-alcohol motifs (C(OH)–C–C–N with tert-alkyl or cyclic N) is 1. The molecule has 1 aliphatic heterocycles. The van der Waals surface area contributed by atoms with E-state index >= 15 is 0 Å². The zero-order valence-corrected chi connectivity index (χ0v) is 17.6. The molecule has 0 unspecified atom stereocenters. The molecule has 0 atom stereocenters. The van der Waals surface area contributed by atoms with Gasteiger partial charge in [0.1, 0.15) is 5.82 Å². The molecular formula is C18H23F2N5O2S2. The van der Waals surface area contributed by atoms with Gasteiger partial charge in [-0.3, -0.25) is 4.90 Å². The summed E-state index contributed by atoms with van der Waals surface area (Å²) in [4.78, 5) is 10.9. The van der Waals surface area contributed by atoms with Gasteiger partial charge in [-0.2, -0.15) is 4.98 Å². The zero-order chi connectivity index (χ0) is 20.6. The molecule has 1 fully saturated rings. The molecule has 2 N–H and O–H groups in total. The lowest BCUT2D eigenvalue weighted by molar-refractivity contribution is 0.156. The lowest BCUT2D eigenvalue weighted by Crippen LogP contribution is -2.44. The molecule has 1 aromatic carbocycles. The number of nitrogens with zero attached hydrogens (tertiary/aromatic N) is 4. The molecule has 11 heteroatoms. The summed E-state index contributed by atoms with van der Waals surface area (Å²) in [6, 6.07) is 5.79. The first kappa shape index (κ1) is 22.0. The van der Waals surface area contributed by atoms with Crippen molar-refractivity contribution in [2.75, 3.05) is 51.2 Å². The fraction of sp³-hybridized carbons (Fsp3) is 0.444. The average Bonchev–Trinajstić information content (AvgIpc) is 2.74. The number of aliphatic hydroxyl groups is 1. The maximum absolute atomic E-state index is 13.8. The van der Waals surface area contributed by atoms with Gasteiger partial charge in [-0.25, -0.2) is 18.1 Å². The first-order chi connectivity index (χ1) is 14.1. The number of anilines is 1. The SMILES string of the molecule is COc1cc(NSN2CCN(CCO)CC2)nc(SCc2cccc(F)c2F)n1. The Bertz CT molecular complexity index is 810. The van der Waals surface area contributed by atoms with Gasteiger partial charge in [-0.15, -0.1) is 0 Å². The maximum Gasteiger partial charge on any atom is 0.219 e. The summed E-state index contributed by atoms with van der Waals surface area (Å²) in [5.41, 5.74) is 0.256. The average molecular weight is 444 g/mol. The van der Waals surface area contributed by atoms with Crippen molar-refractivity contribution in [1.82, 2.24) is 19.2 Å². The zero-order valence-electron chi connectivity index (χ0n) is 16.0. The number of hydrogen-bond acceptors (Lipinski definition) is 9. The fourth-order valence-corrected chi connectivity index (χ4v) is 4.22. The van der Waals surface area contributed by atoms with Crippen molar-refractivity contribution in [2.45, 2.75) is 10.9 Å². The smallest absolute Gasteiger partial charge is 0.219 e. The van der Waals surface area contributed by atoms with Gasteiger partial charge in [0.25, 0.3) is 0 Å². The highest BCUT2D eigenvalue weighted by atomic mass is 32.2. The predicted octanol–water partition coefficient (Wildman–Crippen LogP) is 2.64. The monoisotopic (exact) mass is 443 g/mol. The molecule has 0 saturated carbocycles. The standard InChI is InChI=1S/C18H23F2N5O2S2/c1-27-16-11-15(23-29-25-7-5-24(6-8-25)9-10-26)21-18(22-16)28-12-13-3-2-4-14(19)17(13)20/h2-4,11,26H,5-10,12H2,1H3,(H,21,22,23). The van der Waals surface area contributed by atoms with Crippen LogP contribution in [-0.2, 0) is 5.75 Å². The van der Waals surface area contributed by atoms with Crippen LogP contribution in [0.25, 0.3) is 0 Å². The molecule has 29 heavy (non-hydrogen) atoms. The number of thioether (sulfide) groups is 1. The van der Waals surface area contributed by atoms with Crippen molar-refractivity contribution < 1.29 is 18.6 Å². The van der Waals surface area contributed by atoms with Gasteiger partial charge < -0.3 is 14.6 Å². The molecule has 1 aromatic heterocycles. The van der Waals surface area contributed by atoms with Crippen molar-refractivity contribution in [2.24, 2.45) is 0 Å². The van der Waals surface area contributed by atoms with Crippen molar-refractivity contribution in [3.05, 3.63) is 41.5 Å². The highest BCUT2D eigenvalue weighted by Gasteiger charge is 2.17. The number of hydrogen-bond donors (Lipinski definition) is 2. The molecule has 0 amide bonds. The minimum atomic E-state index is -0.868. The summed E-state index contributed by atoms with van der Waals surface area (Å²) in [5.74, 6) is -0.555. The van der Waals surface area contributed by atoms with E-state index in [9.17, 15) is 8.78 Å². The van der Waals surface area contributed by atoms with Gasteiger partial charge >= 0.3 is 0 Å². The van der Waals surface area contributed by atoms with Crippen molar-refractivity contribution >= 4 is 29.7 Å². The normalized spacial score (nSPS) is 15.4. The predicted molar refractivity (Wildman–Crippen MR) is 111 cm³/mol. The number of aliphatic hydroxyl groups excluding tert-OH is 1. The van der Waals surface area contributed by atoms with Gasteiger partial charge in [0.15, 0.2) is 16.8 Å². The van der Waals surface area contributed by atoms with Crippen LogP contribution in [0.3, 0.4) is 0 Å². The fourth-order valence-electron chi connectivity index (χ4n) is 2.72. The number of piperazine rings is 1. The molecule has 7 nitrogen and oxygen atoms in total. The molecule has 1 saturated heterocycles. The van der Waals surface area contributed by atoms with Crippen LogP contribution in [0, 0.1) is 11.6 Å². The highest BCUT2D eigenvalue weighted by molar-refractivity contribution is 7.98. The second-order valence-electron chi connectivity index (χ2n) is 6.27. The van der Waals surface area contributed by atoms with E-state index in [4.69, 9.17) is 9.84 Å². The van der Waals surface area contributed by atoms with Crippen LogP contribution >= 0.6 is 23.9 Å². The molecule has 1 aliphatic rings. The summed E-state index contributed by atoms with van der Waals surface area (Å²) in [7, 11) is 1.51. The van der Waals surface area contributed by atoms with Gasteiger partial charge in [-0.05, 0) is 6.07 Å². The summed E-state index contributed by atoms with van der Waals surface area (Å²) in [6.45, 7) is 4.37. The van der Waals surface area contributed by atoms with Gasteiger partial charge in [-0.1, -0.05) is 23.9 Å². The van der Waals surface area contributed by atoms with Crippen LogP contribution in [0.15, 0.2) is 29.4 Å². The van der Waals surface area contributed by atoms with Crippen molar-refractivity contribution in [3.63, 3.8) is 0 Å². The summed E-state index contributed by atoms with van der Waals surface area (Å²) < 4.78 is 37.8. The number of aromatic nitrogens is 2. The topological polar surface area (TPSA) is 73.8 Å². The third-order valence-corrected chi connectivity index (χ3v) is 6.13. The number of rotatable bonds is 9. The Labute approximate surface area is 177 Å². The van der Waals surface area contributed by atoms with E-state index in [2.05, 4.69) is 23.9 Å². The van der Waals surface area contributed by atoms with Gasteiger partial charge in [0.2, 0.25) is 5.88 Å². The first-order valence-corrected chi connectivity index (χ1v) is 10.8. The second kappa shape index (κ2) is 10.9. The van der Waals surface area contributed by atoms with Crippen LogP contribution in [0.5, 0.6) is 5.88 Å². The Morgan fingerprint density at radius 3 is 2.72 bits per heavy atom. The van der Waals surface area contributed by atoms with Crippen LogP contribution in [-0.4, -0.2) is 70.7 Å². The molecule has 0 bridgehead atoms. The van der Waals surface area contributed by atoms with Crippen molar-refractivity contribution in [1.29, 1.82) is 0 Å². The van der Waals surface area contributed by atoms with E-state index < -0.39 is 11.6 Å². The summed E-state index contributed by atoms with van der Waals surface area (Å²) >= 11 is 2.65. The van der Waals surface area contributed by atoms with E-state index in [1.54, 1.807) is 6.07 Å². The molecule has 0 radical (unpaired) electrons. The van der Waals surface area contributed by atoms with Crippen LogP contribution in [0.2, 0.25) is 0 Å². The highest BCUT2D eigenvalue weighted by Crippen LogP contribution is 2.27. The largest absolute Gasteiger partial charge is 0.481 e. The number of ether oxygens (including phenoxy) is 1. The van der Waals surface area contributed by atoms with Crippen LogP contribution in [0.1, 0.15) is 5.56 Å². The van der Waals surface area contributed by atoms with E-state index in [1.165, 1.54) is 43.1 Å². The molecule has 158 valence electrons. The molecular weight excluding hydrogens is 420 g/mol. The quantitative estimate of drug-likeness (QED) is 0.346. The lowest BCUT2D eigenvalue weighted by atomic mass is 10.2. The Balaban J connectivity index is 1.58. The number of halogens is 2. The number of nitrogens with one attached hydrogen (secondary N) is 1. The van der Waals surface area contributed by atoms with Crippen molar-refractivity contribution in [3.8, 4) is 5.88 Å². The summed E-state index contributed by atoms with van der Waals surface area (Å²) in [6.07, 6.45) is 0. The Morgan fingerprint density at radius 1 is 1.21 bits per heavy atom. The van der Waals surface area contributed by atoms with E-state index in [1.807, 2.05) is 0 Å². The Hall–Kier alpha value is -1.66. The first-order valence-electron chi connectivity index (χ1n) is 9.09. The van der Waals surface area contributed by atoms with E-state index in [0.29, 0.717) is 23.4 Å². The summed E-state index contributed by atoms with van der Waals surface area (Å²) in [5, 5.41) is 9.42. The lowest BCUT2D eigenvalue weighted by Gasteiger charge is -2.33. The number of benzene rings is 1. The third-order valence-electron chi connectivity index (χ3n) is 4.31. The Morgan fingerprint density at radius 2 is 2.00 bits per heavy atom. The molecule has 2 heterocycles. The van der Waals surface area contributed by atoms with E-state index in [0.717, 1.165) is 32.2 Å². The maximum atomic E-state index is 13.8. The van der Waals surface area contributed by atoms with Gasteiger partial charge in [0, 0.05) is 62.2 Å². The van der Waals surface area contributed by atoms with Gasteiger partial charge in [0.05, 0.1) is 13.7 Å². The van der Waals surface area contributed by atoms with E-state index in [-0.39, 0.29) is 17.9 Å².